The number of carbonyl (C=O) groups is 2. The zero-order chi connectivity index (χ0) is 26.7. The van der Waals surface area contributed by atoms with E-state index in [1.54, 1.807) is 36.4 Å². The molecule has 2 fully saturated rings. The molecule has 7 heteroatoms. The molecule has 0 spiro atoms. The van der Waals surface area contributed by atoms with Crippen LogP contribution in [0.15, 0.2) is 48.5 Å². The first-order valence-electron chi connectivity index (χ1n) is 13.1. The molecule has 2 aromatic carbocycles. The third kappa shape index (κ3) is 5.70. The van der Waals surface area contributed by atoms with Gasteiger partial charge in [0.15, 0.2) is 0 Å². The van der Waals surface area contributed by atoms with Gasteiger partial charge >= 0.3 is 0 Å². The van der Waals surface area contributed by atoms with Gasteiger partial charge in [0, 0.05) is 24.1 Å². The maximum atomic E-state index is 13.2. The van der Waals surface area contributed by atoms with E-state index in [2.05, 4.69) is 30.6 Å². The summed E-state index contributed by atoms with van der Waals surface area (Å²) in [7, 11) is 0. The monoisotopic (exact) mass is 505 g/mol. The van der Waals surface area contributed by atoms with Gasteiger partial charge in [-0.05, 0) is 90.8 Å². The van der Waals surface area contributed by atoms with Gasteiger partial charge in [0.05, 0.1) is 17.7 Å². The average Bonchev–Trinajstić information content (AvgIpc) is 2.89. The van der Waals surface area contributed by atoms with E-state index in [1.165, 1.54) is 12.1 Å². The zero-order valence-electron chi connectivity index (χ0n) is 21.7. The molecule has 2 aliphatic rings. The summed E-state index contributed by atoms with van der Waals surface area (Å²) in [4.78, 5) is 25.9. The highest BCUT2D eigenvalue weighted by Gasteiger charge is 2.53. The zero-order valence-corrected chi connectivity index (χ0v) is 21.7. The second-order valence-electron chi connectivity index (χ2n) is 11.2. The molecule has 2 aliphatic carbocycles. The fraction of sp³-hybridized carbons (Fsp3) is 0.500. The van der Waals surface area contributed by atoms with Crippen LogP contribution < -0.4 is 10.6 Å². The molecule has 6 nitrogen and oxygen atoms in total. The Hall–Kier alpha value is -3.24. The molecule has 196 valence electrons. The third-order valence-corrected chi connectivity index (χ3v) is 8.92. The van der Waals surface area contributed by atoms with Gasteiger partial charge in [0.2, 0.25) is 5.91 Å². The van der Waals surface area contributed by atoms with Crippen LogP contribution in [0, 0.1) is 46.2 Å². The smallest absolute Gasteiger partial charge is 0.251 e. The Bertz CT molecular complexity index is 1160. The molecule has 7 atom stereocenters. The standard InChI is InChI=1S/C30H36FN3O3/c1-18(28(36)33-17-21-6-10-23(31)11-7-21)24-12-14-30(3)15-13-25(19(2)26(30)27(24)35)34-29(37)22-8-4-20(16-32)5-9-22/h4-11,18-19,24-27,35H,12-15,17H2,1-3H3,(H,33,36)(H,34,37)/t18-,19+,24-,25-,26+,27-,30-/m0/s1. The molecule has 0 bridgehead atoms. The molecule has 0 heterocycles. The number of aliphatic hydroxyl groups is 1. The van der Waals surface area contributed by atoms with Crippen LogP contribution in [0.4, 0.5) is 4.39 Å². The van der Waals surface area contributed by atoms with Crippen molar-refractivity contribution in [3.8, 4) is 6.07 Å². The molecule has 37 heavy (non-hydrogen) atoms. The van der Waals surface area contributed by atoms with Crippen LogP contribution in [0.5, 0.6) is 0 Å². The lowest BCUT2D eigenvalue weighted by Gasteiger charge is -2.56. The molecule has 4 rings (SSSR count). The number of carbonyl (C=O) groups excluding carboxylic acids is 2. The van der Waals surface area contributed by atoms with Crippen LogP contribution in [0.25, 0.3) is 0 Å². The van der Waals surface area contributed by atoms with Gasteiger partial charge in [-0.15, -0.1) is 0 Å². The van der Waals surface area contributed by atoms with Crippen LogP contribution in [-0.2, 0) is 11.3 Å². The Morgan fingerprint density at radius 3 is 2.43 bits per heavy atom. The van der Waals surface area contributed by atoms with Crippen molar-refractivity contribution in [1.29, 1.82) is 5.26 Å². The molecule has 0 saturated heterocycles. The summed E-state index contributed by atoms with van der Waals surface area (Å²) in [5.74, 6) is -1.18. The third-order valence-electron chi connectivity index (χ3n) is 8.92. The summed E-state index contributed by atoms with van der Waals surface area (Å²) in [6, 6.07) is 14.6. The van der Waals surface area contributed by atoms with Gasteiger partial charge in [-0.1, -0.05) is 32.9 Å². The van der Waals surface area contributed by atoms with E-state index in [9.17, 15) is 19.1 Å². The second kappa shape index (κ2) is 11.0. The van der Waals surface area contributed by atoms with Crippen molar-refractivity contribution in [3.63, 3.8) is 0 Å². The number of amides is 2. The van der Waals surface area contributed by atoms with Crippen molar-refractivity contribution in [1.82, 2.24) is 10.6 Å². The molecule has 0 unspecified atom stereocenters. The van der Waals surface area contributed by atoms with Crippen molar-refractivity contribution in [2.75, 3.05) is 0 Å². The summed E-state index contributed by atoms with van der Waals surface area (Å²) in [6.07, 6.45) is 2.77. The molecule has 2 saturated carbocycles. The summed E-state index contributed by atoms with van der Waals surface area (Å²) in [5, 5.41) is 26.7. The van der Waals surface area contributed by atoms with Crippen molar-refractivity contribution in [2.45, 2.75) is 65.1 Å². The number of fused-ring (bicyclic) bond motifs is 1. The van der Waals surface area contributed by atoms with Gasteiger partial charge in [0.25, 0.3) is 5.91 Å². The van der Waals surface area contributed by atoms with Crippen LogP contribution in [0.2, 0.25) is 0 Å². The van der Waals surface area contributed by atoms with Crippen LogP contribution in [0.3, 0.4) is 0 Å². The molecule has 3 N–H and O–H groups in total. The number of halogens is 1. The van der Waals surface area contributed by atoms with E-state index in [-0.39, 0.29) is 52.8 Å². The highest BCUT2D eigenvalue weighted by molar-refractivity contribution is 5.94. The Balaban J connectivity index is 1.41. The average molecular weight is 506 g/mol. The lowest BCUT2D eigenvalue weighted by molar-refractivity contribution is -0.142. The highest BCUT2D eigenvalue weighted by atomic mass is 19.1. The maximum absolute atomic E-state index is 13.2. The van der Waals surface area contributed by atoms with Gasteiger partial charge < -0.3 is 15.7 Å². The van der Waals surface area contributed by atoms with Crippen molar-refractivity contribution < 1.29 is 19.1 Å². The van der Waals surface area contributed by atoms with Crippen molar-refractivity contribution >= 4 is 11.8 Å². The summed E-state index contributed by atoms with van der Waals surface area (Å²) in [5.41, 5.74) is 1.79. The van der Waals surface area contributed by atoms with Crippen molar-refractivity contribution in [2.24, 2.45) is 29.1 Å². The minimum absolute atomic E-state index is 0.0355. The Kier molecular flexibility index (Phi) is 7.99. The van der Waals surface area contributed by atoms with E-state index in [4.69, 9.17) is 5.26 Å². The topological polar surface area (TPSA) is 102 Å². The fourth-order valence-corrected chi connectivity index (χ4v) is 6.59. The molecular formula is C30H36FN3O3. The normalized spacial score (nSPS) is 29.9. The number of hydrogen-bond acceptors (Lipinski definition) is 4. The molecule has 2 aromatic rings. The first-order chi connectivity index (χ1) is 17.6. The number of rotatable bonds is 6. The Morgan fingerprint density at radius 2 is 1.78 bits per heavy atom. The highest BCUT2D eigenvalue weighted by Crippen LogP contribution is 2.55. The van der Waals surface area contributed by atoms with E-state index in [0.717, 1.165) is 31.2 Å². The molecule has 2 amide bonds. The first-order valence-corrected chi connectivity index (χ1v) is 13.1. The van der Waals surface area contributed by atoms with Gasteiger partial charge in [0.1, 0.15) is 5.82 Å². The minimum Gasteiger partial charge on any atom is -0.392 e. The lowest BCUT2D eigenvalue weighted by atomic mass is 9.51. The maximum Gasteiger partial charge on any atom is 0.251 e. The SMILES string of the molecule is C[C@H]1[C@@H]2[C@@H](O)[C@H]([C@H](C)C(=O)NCc3ccc(F)cc3)CC[C@@]2(C)CC[C@@H]1NC(=O)c1ccc(C#N)cc1. The lowest BCUT2D eigenvalue weighted by Crippen LogP contribution is -2.58. The fourth-order valence-electron chi connectivity index (χ4n) is 6.59. The Labute approximate surface area is 218 Å². The Morgan fingerprint density at radius 1 is 1.14 bits per heavy atom. The van der Waals surface area contributed by atoms with Crippen LogP contribution in [0.1, 0.15) is 67.9 Å². The quantitative estimate of drug-likeness (QED) is 0.535. The van der Waals surface area contributed by atoms with E-state index in [1.807, 2.05) is 6.92 Å². The second-order valence-corrected chi connectivity index (χ2v) is 11.2. The number of benzene rings is 2. The number of nitrogens with zero attached hydrogens (tertiary/aromatic N) is 1. The summed E-state index contributed by atoms with van der Waals surface area (Å²) < 4.78 is 13.2. The largest absolute Gasteiger partial charge is 0.392 e. The van der Waals surface area contributed by atoms with E-state index in [0.29, 0.717) is 17.7 Å². The van der Waals surface area contributed by atoms with Gasteiger partial charge in [-0.2, -0.15) is 5.26 Å². The van der Waals surface area contributed by atoms with Crippen LogP contribution in [-0.4, -0.2) is 29.1 Å². The first kappa shape index (κ1) is 26.8. The van der Waals surface area contributed by atoms with Gasteiger partial charge in [-0.25, -0.2) is 4.39 Å². The van der Waals surface area contributed by atoms with Crippen molar-refractivity contribution in [3.05, 3.63) is 71.0 Å². The number of hydrogen-bond donors (Lipinski definition) is 3. The van der Waals surface area contributed by atoms with Crippen LogP contribution >= 0.6 is 0 Å². The molecule has 0 aliphatic heterocycles. The molecular weight excluding hydrogens is 469 g/mol. The summed E-state index contributed by atoms with van der Waals surface area (Å²) in [6.45, 7) is 6.50. The predicted molar refractivity (Wildman–Crippen MR) is 139 cm³/mol. The summed E-state index contributed by atoms with van der Waals surface area (Å²) >= 11 is 0. The predicted octanol–water partition coefficient (Wildman–Crippen LogP) is 4.57. The minimum atomic E-state index is -0.657. The number of aliphatic hydroxyl groups excluding tert-OH is 1. The van der Waals surface area contributed by atoms with E-state index >= 15 is 0 Å². The number of nitrogens with one attached hydrogen (secondary N) is 2. The molecule has 0 radical (unpaired) electrons. The van der Waals surface area contributed by atoms with Gasteiger partial charge in [-0.3, -0.25) is 9.59 Å². The van der Waals surface area contributed by atoms with E-state index < -0.39 is 6.10 Å². The molecule has 0 aromatic heterocycles. The number of nitriles is 1.